The van der Waals surface area contributed by atoms with E-state index >= 15 is 0 Å². The minimum absolute atomic E-state index is 0.272. The molecule has 0 aliphatic carbocycles. The summed E-state index contributed by atoms with van der Waals surface area (Å²) < 4.78 is 23.7. The highest BCUT2D eigenvalue weighted by atomic mass is 32.2. The average Bonchev–Trinajstić information content (AvgIpc) is 2.28. The van der Waals surface area contributed by atoms with Crippen molar-refractivity contribution in [1.29, 1.82) is 0 Å². The number of benzene rings is 1. The summed E-state index contributed by atoms with van der Waals surface area (Å²) in [6, 6.07) is 9.67. The molecule has 5 nitrogen and oxygen atoms in total. The fourth-order valence-corrected chi connectivity index (χ4v) is 2.08. The van der Waals surface area contributed by atoms with Gasteiger partial charge in [0.05, 0.1) is 5.52 Å². The number of pyridine rings is 1. The predicted molar refractivity (Wildman–Crippen MR) is 66.6 cm³/mol. The van der Waals surface area contributed by atoms with Crippen LogP contribution in [-0.2, 0) is 16.6 Å². The third-order valence-electron chi connectivity index (χ3n) is 2.41. The molecule has 3 N–H and O–H groups in total. The Labute approximate surface area is 99.8 Å². The molecule has 1 aromatic heterocycles. The van der Waals surface area contributed by atoms with Crippen LogP contribution in [0.25, 0.3) is 10.9 Å². The molecule has 90 valence electrons. The van der Waals surface area contributed by atoms with E-state index in [1.165, 1.54) is 0 Å². The van der Waals surface area contributed by atoms with Crippen LogP contribution < -0.4 is 9.86 Å². The Balaban J connectivity index is 2.19. The van der Waals surface area contributed by atoms with E-state index in [0.717, 1.165) is 16.5 Å². The van der Waals surface area contributed by atoms with Crippen molar-refractivity contribution in [2.75, 3.05) is 6.54 Å². The molecule has 1 heterocycles. The summed E-state index contributed by atoms with van der Waals surface area (Å²) in [6.45, 7) is 0.272. The Bertz CT molecular complexity index is 620. The molecule has 0 fully saturated rings. The van der Waals surface area contributed by atoms with Crippen molar-refractivity contribution >= 4 is 21.1 Å². The zero-order valence-corrected chi connectivity index (χ0v) is 9.94. The van der Waals surface area contributed by atoms with E-state index in [0.29, 0.717) is 6.42 Å². The highest BCUT2D eigenvalue weighted by Crippen LogP contribution is 2.15. The second-order valence-electron chi connectivity index (χ2n) is 3.68. The molecular weight excluding hydrogens is 238 g/mol. The van der Waals surface area contributed by atoms with Crippen molar-refractivity contribution in [2.24, 2.45) is 5.14 Å². The van der Waals surface area contributed by atoms with Crippen LogP contribution in [0, 0.1) is 0 Å². The van der Waals surface area contributed by atoms with Crippen LogP contribution >= 0.6 is 0 Å². The molecule has 0 atom stereocenters. The fraction of sp³-hybridized carbons (Fsp3) is 0.182. The van der Waals surface area contributed by atoms with Gasteiger partial charge in [-0.2, -0.15) is 8.42 Å². The van der Waals surface area contributed by atoms with E-state index in [-0.39, 0.29) is 6.54 Å². The Morgan fingerprint density at radius 2 is 2.00 bits per heavy atom. The molecule has 0 saturated heterocycles. The summed E-state index contributed by atoms with van der Waals surface area (Å²) >= 11 is 0. The molecule has 0 aliphatic heterocycles. The van der Waals surface area contributed by atoms with Crippen LogP contribution in [-0.4, -0.2) is 19.9 Å². The molecule has 2 aromatic rings. The summed E-state index contributed by atoms with van der Waals surface area (Å²) in [5.74, 6) is 0. The molecule has 0 amide bonds. The third kappa shape index (κ3) is 3.23. The highest BCUT2D eigenvalue weighted by Gasteiger charge is 2.04. The highest BCUT2D eigenvalue weighted by molar-refractivity contribution is 7.87. The number of hydrogen-bond acceptors (Lipinski definition) is 3. The maximum Gasteiger partial charge on any atom is 0.274 e. The van der Waals surface area contributed by atoms with E-state index in [2.05, 4.69) is 9.71 Å². The van der Waals surface area contributed by atoms with Gasteiger partial charge in [0.25, 0.3) is 10.2 Å². The molecule has 6 heteroatoms. The van der Waals surface area contributed by atoms with Gasteiger partial charge in [-0.1, -0.05) is 24.3 Å². The van der Waals surface area contributed by atoms with Crippen molar-refractivity contribution in [1.82, 2.24) is 9.71 Å². The first kappa shape index (κ1) is 12.0. The maximum atomic E-state index is 10.7. The van der Waals surface area contributed by atoms with Crippen LogP contribution in [0.5, 0.6) is 0 Å². The van der Waals surface area contributed by atoms with Crippen LogP contribution in [0.3, 0.4) is 0 Å². The molecule has 0 bridgehead atoms. The van der Waals surface area contributed by atoms with Crippen molar-refractivity contribution in [3.63, 3.8) is 0 Å². The number of nitrogens with zero attached hydrogens (tertiary/aromatic N) is 1. The molecule has 0 unspecified atom stereocenters. The molecule has 17 heavy (non-hydrogen) atoms. The van der Waals surface area contributed by atoms with Gasteiger partial charge in [0, 0.05) is 18.1 Å². The first-order valence-electron chi connectivity index (χ1n) is 5.16. The molecular formula is C11H13N3O2S. The number of nitrogens with two attached hydrogens (primary N) is 1. The van der Waals surface area contributed by atoms with Gasteiger partial charge in [0.2, 0.25) is 0 Å². The third-order valence-corrected chi connectivity index (χ3v) is 3.02. The fourth-order valence-electron chi connectivity index (χ4n) is 1.70. The number of aromatic nitrogens is 1. The van der Waals surface area contributed by atoms with Crippen LogP contribution in [0.15, 0.2) is 36.5 Å². The first-order valence-corrected chi connectivity index (χ1v) is 6.71. The van der Waals surface area contributed by atoms with Crippen LogP contribution in [0.2, 0.25) is 0 Å². The molecule has 2 rings (SSSR count). The normalized spacial score (nSPS) is 11.8. The van der Waals surface area contributed by atoms with Gasteiger partial charge in [0.1, 0.15) is 0 Å². The standard InChI is InChI=1S/C11H13N3O2S/c12-17(15,16)14-8-6-10-4-1-3-9-5-2-7-13-11(9)10/h1-5,7,14H,6,8H2,(H2,12,15,16). The lowest BCUT2D eigenvalue weighted by atomic mass is 10.1. The number of para-hydroxylation sites is 1. The van der Waals surface area contributed by atoms with Gasteiger partial charge >= 0.3 is 0 Å². The minimum atomic E-state index is -3.62. The van der Waals surface area contributed by atoms with Crippen molar-refractivity contribution < 1.29 is 8.42 Å². The predicted octanol–water partition coefficient (Wildman–Crippen LogP) is 0.570. The van der Waals surface area contributed by atoms with Crippen molar-refractivity contribution in [2.45, 2.75) is 6.42 Å². The Hall–Kier alpha value is -1.50. The Kier molecular flexibility index (Phi) is 3.37. The van der Waals surface area contributed by atoms with E-state index in [1.54, 1.807) is 6.20 Å². The van der Waals surface area contributed by atoms with E-state index in [9.17, 15) is 8.42 Å². The minimum Gasteiger partial charge on any atom is -0.256 e. The topological polar surface area (TPSA) is 85.1 Å². The molecule has 0 spiro atoms. The summed E-state index contributed by atoms with van der Waals surface area (Å²) in [6.07, 6.45) is 2.28. The van der Waals surface area contributed by atoms with E-state index < -0.39 is 10.2 Å². The van der Waals surface area contributed by atoms with E-state index in [1.807, 2.05) is 30.3 Å². The summed E-state index contributed by atoms with van der Waals surface area (Å²) in [4.78, 5) is 4.29. The average molecular weight is 251 g/mol. The van der Waals surface area contributed by atoms with Crippen LogP contribution in [0.4, 0.5) is 0 Å². The summed E-state index contributed by atoms with van der Waals surface area (Å²) in [7, 11) is -3.62. The summed E-state index contributed by atoms with van der Waals surface area (Å²) in [5, 5.41) is 5.90. The largest absolute Gasteiger partial charge is 0.274 e. The van der Waals surface area contributed by atoms with Gasteiger partial charge in [-0.3, -0.25) is 4.98 Å². The van der Waals surface area contributed by atoms with Crippen LogP contribution in [0.1, 0.15) is 5.56 Å². The molecule has 0 radical (unpaired) electrons. The second-order valence-corrected chi connectivity index (χ2v) is 5.06. The SMILES string of the molecule is NS(=O)(=O)NCCc1cccc2cccnc12. The monoisotopic (exact) mass is 251 g/mol. The van der Waals surface area contributed by atoms with Gasteiger partial charge in [-0.15, -0.1) is 0 Å². The van der Waals surface area contributed by atoms with Crippen molar-refractivity contribution in [3.8, 4) is 0 Å². The van der Waals surface area contributed by atoms with Gasteiger partial charge in [-0.05, 0) is 18.1 Å². The lowest BCUT2D eigenvalue weighted by Crippen LogP contribution is -2.32. The maximum absolute atomic E-state index is 10.7. The van der Waals surface area contributed by atoms with Gasteiger partial charge < -0.3 is 0 Å². The number of hydrogen-bond donors (Lipinski definition) is 2. The summed E-state index contributed by atoms with van der Waals surface area (Å²) in [5.41, 5.74) is 1.89. The molecule has 1 aromatic carbocycles. The lowest BCUT2D eigenvalue weighted by Gasteiger charge is -2.05. The lowest BCUT2D eigenvalue weighted by molar-refractivity contribution is 0.583. The van der Waals surface area contributed by atoms with E-state index in [4.69, 9.17) is 5.14 Å². The number of rotatable bonds is 4. The second kappa shape index (κ2) is 4.79. The number of fused-ring (bicyclic) bond motifs is 1. The molecule has 0 saturated carbocycles. The van der Waals surface area contributed by atoms with Gasteiger partial charge in [-0.25, -0.2) is 9.86 Å². The Morgan fingerprint density at radius 3 is 2.76 bits per heavy atom. The smallest absolute Gasteiger partial charge is 0.256 e. The number of nitrogens with one attached hydrogen (secondary N) is 1. The van der Waals surface area contributed by atoms with Gasteiger partial charge in [0.15, 0.2) is 0 Å². The first-order chi connectivity index (χ1) is 8.06. The molecule has 0 aliphatic rings. The quantitative estimate of drug-likeness (QED) is 0.833. The zero-order chi connectivity index (χ0) is 12.3. The van der Waals surface area contributed by atoms with Crippen molar-refractivity contribution in [3.05, 3.63) is 42.1 Å². The zero-order valence-electron chi connectivity index (χ0n) is 9.13. The Morgan fingerprint density at radius 1 is 1.24 bits per heavy atom.